The van der Waals surface area contributed by atoms with Gasteiger partial charge in [0.15, 0.2) is 0 Å². The molecule has 0 bridgehead atoms. The van der Waals surface area contributed by atoms with Crippen LogP contribution in [0.5, 0.6) is 11.5 Å². The molecule has 1 heterocycles. The summed E-state index contributed by atoms with van der Waals surface area (Å²) >= 11 is 0. The van der Waals surface area contributed by atoms with Crippen LogP contribution in [0.2, 0.25) is 0 Å². The molecule has 2 nitrogen and oxygen atoms in total. The zero-order valence-electron chi connectivity index (χ0n) is 11.1. The molecule has 0 radical (unpaired) electrons. The molecule has 0 saturated heterocycles. The predicted molar refractivity (Wildman–Crippen MR) is 78.3 cm³/mol. The minimum atomic E-state index is -0.321. The lowest BCUT2D eigenvalue weighted by atomic mass is 9.78. The summed E-state index contributed by atoms with van der Waals surface area (Å²) in [7, 11) is -0.321. The van der Waals surface area contributed by atoms with Crippen LogP contribution in [0.25, 0.3) is 6.08 Å². The molecule has 0 saturated carbocycles. The molecule has 2 aromatic rings. The maximum atomic E-state index is 5.77. The van der Waals surface area contributed by atoms with E-state index >= 15 is 0 Å². The van der Waals surface area contributed by atoms with Gasteiger partial charge in [0.05, 0.1) is 0 Å². The fraction of sp³-hybridized carbons (Fsp3) is 0.125. The standard InChI is InChI=1S/C16H15BO2/c1-12-7-9-14(10-8-12)11-13(2)17-18-15-5-3-4-6-16(15)19-17/h3-11H,1-2H3/b13-11+. The molecule has 0 atom stereocenters. The maximum absolute atomic E-state index is 5.77. The van der Waals surface area contributed by atoms with Gasteiger partial charge in [0.25, 0.3) is 0 Å². The van der Waals surface area contributed by atoms with Gasteiger partial charge in [-0.05, 0) is 37.0 Å². The van der Waals surface area contributed by atoms with Crippen molar-refractivity contribution in [2.24, 2.45) is 0 Å². The van der Waals surface area contributed by atoms with Crippen molar-refractivity contribution < 1.29 is 9.31 Å². The number of hydrogen-bond acceptors (Lipinski definition) is 2. The molecule has 3 rings (SSSR count). The van der Waals surface area contributed by atoms with Crippen LogP contribution in [-0.4, -0.2) is 7.12 Å². The van der Waals surface area contributed by atoms with Gasteiger partial charge < -0.3 is 9.31 Å². The van der Waals surface area contributed by atoms with E-state index in [0.717, 1.165) is 22.5 Å². The van der Waals surface area contributed by atoms with E-state index in [0.29, 0.717) is 0 Å². The Morgan fingerprint density at radius 2 is 1.53 bits per heavy atom. The minimum Gasteiger partial charge on any atom is -0.519 e. The van der Waals surface area contributed by atoms with Gasteiger partial charge in [-0.25, -0.2) is 0 Å². The van der Waals surface area contributed by atoms with E-state index in [-0.39, 0.29) is 7.12 Å². The van der Waals surface area contributed by atoms with Crippen molar-refractivity contribution in [2.75, 3.05) is 0 Å². The Balaban J connectivity index is 1.79. The molecule has 0 aromatic heterocycles. The van der Waals surface area contributed by atoms with E-state index in [2.05, 4.69) is 37.3 Å². The average Bonchev–Trinajstić information content (AvgIpc) is 2.85. The molecule has 0 fully saturated rings. The van der Waals surface area contributed by atoms with Crippen LogP contribution in [0.4, 0.5) is 0 Å². The average molecular weight is 250 g/mol. The third-order valence-electron chi connectivity index (χ3n) is 3.16. The SMILES string of the molecule is C/C(=C\c1ccc(C)cc1)B1Oc2ccccc2O1. The van der Waals surface area contributed by atoms with E-state index in [1.807, 2.05) is 31.2 Å². The van der Waals surface area contributed by atoms with Gasteiger partial charge >= 0.3 is 7.12 Å². The number of fused-ring (bicyclic) bond motifs is 1. The van der Waals surface area contributed by atoms with Crippen LogP contribution in [-0.2, 0) is 0 Å². The molecular weight excluding hydrogens is 235 g/mol. The van der Waals surface area contributed by atoms with Crippen LogP contribution < -0.4 is 9.31 Å². The van der Waals surface area contributed by atoms with Crippen molar-refractivity contribution in [3.05, 3.63) is 65.1 Å². The molecule has 94 valence electrons. The summed E-state index contributed by atoms with van der Waals surface area (Å²) in [6, 6.07) is 16.1. The highest BCUT2D eigenvalue weighted by molar-refractivity contribution is 6.57. The zero-order valence-corrected chi connectivity index (χ0v) is 11.1. The van der Waals surface area contributed by atoms with Crippen LogP contribution >= 0.6 is 0 Å². The molecule has 2 aromatic carbocycles. The van der Waals surface area contributed by atoms with E-state index < -0.39 is 0 Å². The second-order valence-corrected chi connectivity index (χ2v) is 4.81. The predicted octanol–water partition coefficient (Wildman–Crippen LogP) is 3.90. The molecule has 0 aliphatic carbocycles. The Hall–Kier alpha value is -2.16. The van der Waals surface area contributed by atoms with E-state index in [4.69, 9.17) is 9.31 Å². The molecule has 3 heteroatoms. The monoisotopic (exact) mass is 250 g/mol. The Kier molecular flexibility index (Phi) is 3.04. The summed E-state index contributed by atoms with van der Waals surface area (Å²) in [5.74, 6) is 1.62. The van der Waals surface area contributed by atoms with Gasteiger partial charge in [-0.1, -0.05) is 48.0 Å². The van der Waals surface area contributed by atoms with Crippen molar-refractivity contribution >= 4 is 13.2 Å². The third-order valence-corrected chi connectivity index (χ3v) is 3.16. The topological polar surface area (TPSA) is 18.5 Å². The molecule has 1 aliphatic rings. The first-order valence-corrected chi connectivity index (χ1v) is 6.39. The summed E-state index contributed by atoms with van der Waals surface area (Å²) in [5.41, 5.74) is 3.47. The highest BCUT2D eigenvalue weighted by atomic mass is 16.6. The molecule has 0 unspecified atom stereocenters. The van der Waals surface area contributed by atoms with Crippen LogP contribution in [0.3, 0.4) is 0 Å². The van der Waals surface area contributed by atoms with E-state index in [9.17, 15) is 0 Å². The molecule has 0 N–H and O–H groups in total. The third kappa shape index (κ3) is 2.50. The highest BCUT2D eigenvalue weighted by Gasteiger charge is 2.33. The Labute approximate surface area is 113 Å². The number of rotatable bonds is 2. The number of hydrogen-bond donors (Lipinski definition) is 0. The first-order chi connectivity index (χ1) is 9.22. The first-order valence-electron chi connectivity index (χ1n) is 6.39. The molecule has 1 aliphatic heterocycles. The second-order valence-electron chi connectivity index (χ2n) is 4.81. The van der Waals surface area contributed by atoms with Gasteiger partial charge in [-0.2, -0.15) is 0 Å². The minimum absolute atomic E-state index is 0.321. The highest BCUT2D eigenvalue weighted by Crippen LogP contribution is 2.34. The van der Waals surface area contributed by atoms with Crippen molar-refractivity contribution in [2.45, 2.75) is 13.8 Å². The summed E-state index contributed by atoms with van der Waals surface area (Å²) in [6.45, 7) is 4.11. The number of allylic oxidation sites excluding steroid dienone is 1. The number of benzene rings is 2. The lowest BCUT2D eigenvalue weighted by molar-refractivity contribution is 0.512. The summed E-state index contributed by atoms with van der Waals surface area (Å²) in [5, 5.41) is 0. The Bertz CT molecular complexity index is 592. The van der Waals surface area contributed by atoms with Crippen LogP contribution in [0.15, 0.2) is 54.0 Å². The fourth-order valence-electron chi connectivity index (χ4n) is 2.08. The van der Waals surface area contributed by atoms with Crippen LogP contribution in [0, 0.1) is 6.92 Å². The summed E-state index contributed by atoms with van der Waals surface area (Å²) in [4.78, 5) is 0. The Morgan fingerprint density at radius 3 is 2.11 bits per heavy atom. The lowest BCUT2D eigenvalue weighted by Crippen LogP contribution is -2.26. The summed E-state index contributed by atoms with van der Waals surface area (Å²) < 4.78 is 11.5. The number of aryl methyl sites for hydroxylation is 1. The van der Waals surface area contributed by atoms with Gasteiger partial charge in [0.2, 0.25) is 0 Å². The quantitative estimate of drug-likeness (QED) is 0.752. The molecule has 19 heavy (non-hydrogen) atoms. The van der Waals surface area contributed by atoms with Gasteiger partial charge in [-0.3, -0.25) is 0 Å². The zero-order chi connectivity index (χ0) is 13.2. The van der Waals surface area contributed by atoms with Crippen molar-refractivity contribution in [3.63, 3.8) is 0 Å². The van der Waals surface area contributed by atoms with E-state index in [1.54, 1.807) is 0 Å². The maximum Gasteiger partial charge on any atom is 0.628 e. The van der Waals surface area contributed by atoms with Crippen molar-refractivity contribution in [1.82, 2.24) is 0 Å². The number of para-hydroxylation sites is 2. The fourth-order valence-corrected chi connectivity index (χ4v) is 2.08. The smallest absolute Gasteiger partial charge is 0.519 e. The molecular formula is C16H15BO2. The van der Waals surface area contributed by atoms with Gasteiger partial charge in [0, 0.05) is 0 Å². The largest absolute Gasteiger partial charge is 0.628 e. The Morgan fingerprint density at radius 1 is 0.947 bits per heavy atom. The molecule has 0 amide bonds. The van der Waals surface area contributed by atoms with Crippen LogP contribution in [0.1, 0.15) is 18.1 Å². The van der Waals surface area contributed by atoms with Gasteiger partial charge in [0.1, 0.15) is 11.5 Å². The molecule has 0 spiro atoms. The van der Waals surface area contributed by atoms with Crippen molar-refractivity contribution in [3.8, 4) is 11.5 Å². The van der Waals surface area contributed by atoms with Gasteiger partial charge in [-0.15, -0.1) is 0 Å². The lowest BCUT2D eigenvalue weighted by Gasteiger charge is -2.05. The van der Waals surface area contributed by atoms with E-state index in [1.165, 1.54) is 5.56 Å². The first kappa shape index (κ1) is 11.9. The van der Waals surface area contributed by atoms with Crippen molar-refractivity contribution in [1.29, 1.82) is 0 Å². The summed E-state index contributed by atoms with van der Waals surface area (Å²) in [6.07, 6.45) is 2.09. The second kappa shape index (κ2) is 4.85. The normalized spacial score (nSPS) is 13.8.